The van der Waals surface area contributed by atoms with Crippen LogP contribution in [0.2, 0.25) is 0 Å². The van der Waals surface area contributed by atoms with Gasteiger partial charge in [0.05, 0.1) is 0 Å². The van der Waals surface area contributed by atoms with E-state index in [0.29, 0.717) is 17.8 Å². The summed E-state index contributed by atoms with van der Waals surface area (Å²) in [6.07, 6.45) is 3.00. The zero-order chi connectivity index (χ0) is 14.5. The lowest BCUT2D eigenvalue weighted by Crippen LogP contribution is -2.30. The molecule has 0 saturated heterocycles. The van der Waals surface area contributed by atoms with Crippen LogP contribution in [0.5, 0.6) is 0 Å². The molecule has 0 radical (unpaired) electrons. The van der Waals surface area contributed by atoms with Crippen LogP contribution in [0.3, 0.4) is 0 Å². The minimum atomic E-state index is 0.438. The van der Waals surface area contributed by atoms with Crippen LogP contribution in [0.15, 0.2) is 12.7 Å². The largest absolute Gasteiger partial charge is 0.357 e. The molecule has 0 aliphatic carbocycles. The lowest BCUT2D eigenvalue weighted by Gasteiger charge is -2.20. The Hall–Kier alpha value is -2.29. The molecule has 20 heavy (non-hydrogen) atoms. The molecule has 0 aromatic carbocycles. The van der Waals surface area contributed by atoms with E-state index in [1.165, 1.54) is 11.0 Å². The molecule has 108 valence electrons. The van der Waals surface area contributed by atoms with Gasteiger partial charge in [-0.05, 0) is 14.1 Å². The molecule has 0 aliphatic rings. The quantitative estimate of drug-likeness (QED) is 0.755. The smallest absolute Gasteiger partial charge is 0.258 e. The summed E-state index contributed by atoms with van der Waals surface area (Å²) in [4.78, 5) is 21.0. The van der Waals surface area contributed by atoms with Gasteiger partial charge in [0.2, 0.25) is 11.9 Å². The van der Waals surface area contributed by atoms with Crippen molar-refractivity contribution in [3.8, 4) is 5.95 Å². The topological polar surface area (TPSA) is 87.9 Å². The third-order valence-electron chi connectivity index (χ3n) is 2.68. The van der Waals surface area contributed by atoms with Crippen LogP contribution in [-0.4, -0.2) is 75.9 Å². The first-order chi connectivity index (χ1) is 9.60. The number of rotatable bonds is 6. The molecule has 9 heteroatoms. The van der Waals surface area contributed by atoms with Crippen LogP contribution in [-0.2, 0) is 0 Å². The van der Waals surface area contributed by atoms with Gasteiger partial charge in [0.25, 0.3) is 5.95 Å². The highest BCUT2D eigenvalue weighted by Gasteiger charge is 2.11. The Balaban J connectivity index is 2.26. The zero-order valence-electron chi connectivity index (χ0n) is 12.1. The molecule has 2 aromatic heterocycles. The number of nitrogens with one attached hydrogen (secondary N) is 1. The predicted octanol–water partition coefficient (Wildman–Crippen LogP) is -0.508. The van der Waals surface area contributed by atoms with Crippen LogP contribution in [0, 0.1) is 0 Å². The fourth-order valence-electron chi connectivity index (χ4n) is 1.50. The molecule has 1 N–H and O–H groups in total. The van der Waals surface area contributed by atoms with Crippen molar-refractivity contribution in [3.63, 3.8) is 0 Å². The van der Waals surface area contributed by atoms with Crippen molar-refractivity contribution >= 4 is 11.9 Å². The molecule has 0 fully saturated rings. The maximum absolute atomic E-state index is 4.41. The van der Waals surface area contributed by atoms with Gasteiger partial charge in [-0.2, -0.15) is 24.7 Å². The molecule has 0 bridgehead atoms. The minimum Gasteiger partial charge on any atom is -0.357 e. The van der Waals surface area contributed by atoms with Crippen LogP contribution in [0.4, 0.5) is 11.9 Å². The van der Waals surface area contributed by atoms with Gasteiger partial charge in [-0.3, -0.25) is 0 Å². The molecule has 0 saturated carbocycles. The summed E-state index contributed by atoms with van der Waals surface area (Å²) in [5.74, 6) is 1.53. The number of likely N-dealkylation sites (N-methyl/N-ethyl adjacent to an activating group) is 2. The van der Waals surface area contributed by atoms with Crippen LogP contribution < -0.4 is 10.2 Å². The Bertz CT molecular complexity index is 537. The molecule has 0 spiro atoms. The number of aromatic nitrogens is 6. The third kappa shape index (κ3) is 3.38. The molecule has 2 aromatic rings. The Morgan fingerprint density at radius 1 is 1.15 bits per heavy atom. The van der Waals surface area contributed by atoms with Crippen molar-refractivity contribution in [1.29, 1.82) is 0 Å². The SMILES string of the molecule is CNc1nc(N(C)CCN(C)C)nc(-n2cncn2)n1. The molecule has 9 nitrogen and oxygen atoms in total. The van der Waals surface area contributed by atoms with Gasteiger partial charge in [0.1, 0.15) is 12.7 Å². The predicted molar refractivity (Wildman–Crippen MR) is 76.1 cm³/mol. The van der Waals surface area contributed by atoms with Crippen molar-refractivity contribution in [2.45, 2.75) is 0 Å². The molecule has 0 unspecified atom stereocenters. The normalized spacial score (nSPS) is 10.8. The van der Waals surface area contributed by atoms with Gasteiger partial charge in [-0.25, -0.2) is 4.98 Å². The summed E-state index contributed by atoms with van der Waals surface area (Å²) in [5, 5.41) is 6.96. The first-order valence-electron chi connectivity index (χ1n) is 6.25. The van der Waals surface area contributed by atoms with Crippen molar-refractivity contribution in [2.75, 3.05) is 51.5 Å². The summed E-state index contributed by atoms with van der Waals surface area (Å²) in [6, 6.07) is 0. The Kier molecular flexibility index (Phi) is 4.41. The zero-order valence-corrected chi connectivity index (χ0v) is 12.1. The van der Waals surface area contributed by atoms with E-state index in [-0.39, 0.29) is 0 Å². The van der Waals surface area contributed by atoms with Crippen LogP contribution >= 0.6 is 0 Å². The van der Waals surface area contributed by atoms with E-state index in [0.717, 1.165) is 13.1 Å². The lowest BCUT2D eigenvalue weighted by atomic mass is 10.5. The second kappa shape index (κ2) is 6.24. The van der Waals surface area contributed by atoms with Crippen molar-refractivity contribution < 1.29 is 0 Å². The maximum Gasteiger partial charge on any atom is 0.258 e. The molecular weight excluding hydrogens is 258 g/mol. The van der Waals surface area contributed by atoms with Gasteiger partial charge < -0.3 is 15.1 Å². The number of hydrogen-bond donors (Lipinski definition) is 1. The van der Waals surface area contributed by atoms with E-state index in [9.17, 15) is 0 Å². The average Bonchev–Trinajstić information content (AvgIpc) is 2.98. The second-order valence-corrected chi connectivity index (χ2v) is 4.57. The monoisotopic (exact) mass is 277 g/mol. The average molecular weight is 277 g/mol. The van der Waals surface area contributed by atoms with E-state index < -0.39 is 0 Å². The van der Waals surface area contributed by atoms with E-state index in [1.54, 1.807) is 13.4 Å². The standard InChI is InChI=1S/C11H19N9/c1-12-9-15-10(19(4)6-5-18(2)3)17-11(16-9)20-8-13-7-14-20/h7-8H,5-6H2,1-4H3,(H,12,15,16,17). The highest BCUT2D eigenvalue weighted by Crippen LogP contribution is 2.11. The number of anilines is 2. The lowest BCUT2D eigenvalue weighted by molar-refractivity contribution is 0.415. The highest BCUT2D eigenvalue weighted by atomic mass is 15.4. The summed E-state index contributed by atoms with van der Waals surface area (Å²) in [5.41, 5.74) is 0. The fourth-order valence-corrected chi connectivity index (χ4v) is 1.50. The van der Waals surface area contributed by atoms with E-state index in [2.05, 4.69) is 35.3 Å². The molecule has 0 amide bonds. The van der Waals surface area contributed by atoms with Crippen molar-refractivity contribution in [1.82, 2.24) is 34.6 Å². The summed E-state index contributed by atoms with van der Waals surface area (Å²) in [6.45, 7) is 1.73. The molecule has 0 aliphatic heterocycles. The van der Waals surface area contributed by atoms with E-state index in [1.807, 2.05) is 26.0 Å². The first kappa shape index (κ1) is 14.1. The van der Waals surface area contributed by atoms with Crippen molar-refractivity contribution in [2.24, 2.45) is 0 Å². The Labute approximate surface area is 117 Å². The molecular formula is C11H19N9. The fraction of sp³-hybridized carbons (Fsp3) is 0.545. The first-order valence-corrected chi connectivity index (χ1v) is 6.25. The van der Waals surface area contributed by atoms with Gasteiger partial charge in [0, 0.05) is 27.2 Å². The van der Waals surface area contributed by atoms with Gasteiger partial charge >= 0.3 is 0 Å². The summed E-state index contributed by atoms with van der Waals surface area (Å²) in [7, 11) is 7.77. The number of hydrogen-bond acceptors (Lipinski definition) is 8. The van der Waals surface area contributed by atoms with E-state index >= 15 is 0 Å². The Morgan fingerprint density at radius 2 is 1.95 bits per heavy atom. The second-order valence-electron chi connectivity index (χ2n) is 4.57. The van der Waals surface area contributed by atoms with Crippen molar-refractivity contribution in [3.05, 3.63) is 12.7 Å². The van der Waals surface area contributed by atoms with Gasteiger partial charge in [-0.15, -0.1) is 0 Å². The molecule has 2 heterocycles. The van der Waals surface area contributed by atoms with Crippen LogP contribution in [0.1, 0.15) is 0 Å². The van der Waals surface area contributed by atoms with Gasteiger partial charge in [-0.1, -0.05) is 0 Å². The summed E-state index contributed by atoms with van der Waals surface area (Å²) < 4.78 is 1.51. The molecule has 0 atom stereocenters. The third-order valence-corrected chi connectivity index (χ3v) is 2.68. The summed E-state index contributed by atoms with van der Waals surface area (Å²) >= 11 is 0. The van der Waals surface area contributed by atoms with E-state index in [4.69, 9.17) is 0 Å². The Morgan fingerprint density at radius 3 is 2.55 bits per heavy atom. The molecule has 2 rings (SSSR count). The van der Waals surface area contributed by atoms with Crippen LogP contribution in [0.25, 0.3) is 5.95 Å². The highest BCUT2D eigenvalue weighted by molar-refractivity contribution is 5.38. The number of nitrogens with zero attached hydrogens (tertiary/aromatic N) is 8. The minimum absolute atomic E-state index is 0.438. The maximum atomic E-state index is 4.41. The van der Waals surface area contributed by atoms with Gasteiger partial charge in [0.15, 0.2) is 0 Å².